The van der Waals surface area contributed by atoms with E-state index in [4.69, 9.17) is 25.8 Å². The van der Waals surface area contributed by atoms with Crippen molar-refractivity contribution in [2.45, 2.75) is 19.5 Å². The SMILES string of the molecule is COc1cccc(-c2noc(C3=C(C)N(Cc4ccc(Cl)cc4)C(=O)NC3c3ccccc3)n2)c1. The molecule has 4 aromatic rings. The number of carbonyl (C=O) groups is 1. The van der Waals surface area contributed by atoms with E-state index in [1.165, 1.54) is 0 Å². The van der Waals surface area contributed by atoms with Crippen LogP contribution in [0.2, 0.25) is 5.02 Å². The number of allylic oxidation sites excluding steroid dienone is 1. The zero-order valence-electron chi connectivity index (χ0n) is 19.2. The Kier molecular flexibility index (Phi) is 6.25. The molecule has 2 heterocycles. The van der Waals surface area contributed by atoms with Crippen LogP contribution in [-0.4, -0.2) is 28.2 Å². The van der Waals surface area contributed by atoms with Gasteiger partial charge in [-0.25, -0.2) is 4.79 Å². The Bertz CT molecular complexity index is 1380. The zero-order valence-corrected chi connectivity index (χ0v) is 20.0. The quantitative estimate of drug-likeness (QED) is 0.356. The van der Waals surface area contributed by atoms with Crippen molar-refractivity contribution >= 4 is 23.2 Å². The fourth-order valence-electron chi connectivity index (χ4n) is 4.13. The maximum atomic E-state index is 13.2. The number of methoxy groups -OCH3 is 1. The van der Waals surface area contributed by atoms with Crippen molar-refractivity contribution in [3.05, 3.63) is 107 Å². The van der Waals surface area contributed by atoms with Gasteiger partial charge >= 0.3 is 6.03 Å². The largest absolute Gasteiger partial charge is 0.497 e. The number of nitrogens with zero attached hydrogens (tertiary/aromatic N) is 3. The first-order valence-electron chi connectivity index (χ1n) is 11.1. The van der Waals surface area contributed by atoms with Gasteiger partial charge in [-0.05, 0) is 42.3 Å². The summed E-state index contributed by atoms with van der Waals surface area (Å²) >= 11 is 6.04. The number of aromatic nitrogens is 2. The Balaban J connectivity index is 1.58. The number of nitrogens with one attached hydrogen (secondary N) is 1. The fourth-order valence-corrected chi connectivity index (χ4v) is 4.25. The lowest BCUT2D eigenvalue weighted by Gasteiger charge is -2.35. The molecule has 1 N–H and O–H groups in total. The lowest BCUT2D eigenvalue weighted by atomic mass is 9.94. The predicted molar refractivity (Wildman–Crippen MR) is 134 cm³/mol. The van der Waals surface area contributed by atoms with Gasteiger partial charge in [0.2, 0.25) is 5.82 Å². The number of carbonyl (C=O) groups excluding carboxylic acids is 1. The molecule has 3 aromatic carbocycles. The Morgan fingerprint density at radius 3 is 2.57 bits per heavy atom. The molecular weight excluding hydrogens is 464 g/mol. The highest BCUT2D eigenvalue weighted by Gasteiger charge is 2.35. The number of urea groups is 1. The molecule has 0 aliphatic carbocycles. The third-order valence-corrected chi connectivity index (χ3v) is 6.22. The molecule has 0 spiro atoms. The molecule has 1 aromatic heterocycles. The van der Waals surface area contributed by atoms with Crippen LogP contribution in [0, 0.1) is 0 Å². The van der Waals surface area contributed by atoms with Gasteiger partial charge < -0.3 is 14.6 Å². The standard InChI is InChI=1S/C27H23ClN4O3/c1-17-23(26-30-25(31-35-26)20-9-6-10-22(15-20)34-2)24(19-7-4-3-5-8-19)29-27(33)32(17)16-18-11-13-21(28)14-12-18/h3-15,24H,16H2,1-2H3,(H,29,33). The molecule has 5 rings (SSSR count). The molecule has 1 aliphatic rings. The van der Waals surface area contributed by atoms with Crippen molar-refractivity contribution < 1.29 is 14.1 Å². The molecule has 1 aliphatic heterocycles. The second-order valence-corrected chi connectivity index (χ2v) is 8.60. The van der Waals surface area contributed by atoms with Crippen molar-refractivity contribution in [3.63, 3.8) is 0 Å². The number of halogens is 1. The van der Waals surface area contributed by atoms with Crippen LogP contribution in [0.1, 0.15) is 30.0 Å². The summed E-state index contributed by atoms with van der Waals surface area (Å²) in [7, 11) is 1.61. The first-order chi connectivity index (χ1) is 17.0. The van der Waals surface area contributed by atoms with Crippen LogP contribution in [0.5, 0.6) is 5.75 Å². The minimum absolute atomic E-state index is 0.206. The minimum atomic E-state index is -0.441. The van der Waals surface area contributed by atoms with E-state index in [0.717, 1.165) is 28.0 Å². The van der Waals surface area contributed by atoms with Gasteiger partial charge in [-0.15, -0.1) is 0 Å². The van der Waals surface area contributed by atoms with E-state index in [1.807, 2.05) is 85.8 Å². The summed E-state index contributed by atoms with van der Waals surface area (Å²) in [5.74, 6) is 1.48. The summed E-state index contributed by atoms with van der Waals surface area (Å²) < 4.78 is 11.1. The average Bonchev–Trinajstić information content (AvgIpc) is 3.38. The lowest BCUT2D eigenvalue weighted by molar-refractivity contribution is 0.203. The maximum Gasteiger partial charge on any atom is 0.322 e. The van der Waals surface area contributed by atoms with E-state index < -0.39 is 6.04 Å². The number of amides is 2. The first kappa shape index (κ1) is 22.7. The Hall–Kier alpha value is -4.10. The second kappa shape index (κ2) is 9.64. The molecule has 2 amide bonds. The number of hydrogen-bond donors (Lipinski definition) is 1. The second-order valence-electron chi connectivity index (χ2n) is 8.16. The Morgan fingerprint density at radius 1 is 1.06 bits per heavy atom. The maximum absolute atomic E-state index is 13.2. The fraction of sp³-hybridized carbons (Fsp3) is 0.148. The Labute approximate surface area is 208 Å². The summed E-state index contributed by atoms with van der Waals surface area (Å²) in [6.07, 6.45) is 0. The van der Waals surface area contributed by atoms with Gasteiger partial charge in [-0.2, -0.15) is 4.98 Å². The van der Waals surface area contributed by atoms with Crippen molar-refractivity contribution in [2.24, 2.45) is 0 Å². The van der Waals surface area contributed by atoms with E-state index in [-0.39, 0.29) is 6.03 Å². The van der Waals surface area contributed by atoms with Crippen LogP contribution < -0.4 is 10.1 Å². The van der Waals surface area contributed by atoms with Crippen molar-refractivity contribution in [2.75, 3.05) is 7.11 Å². The van der Waals surface area contributed by atoms with E-state index in [1.54, 1.807) is 12.0 Å². The van der Waals surface area contributed by atoms with Crippen molar-refractivity contribution in [1.29, 1.82) is 0 Å². The molecule has 1 unspecified atom stereocenters. The molecule has 0 saturated heterocycles. The monoisotopic (exact) mass is 486 g/mol. The van der Waals surface area contributed by atoms with Crippen LogP contribution in [-0.2, 0) is 6.54 Å². The predicted octanol–water partition coefficient (Wildman–Crippen LogP) is 6.10. The molecule has 0 radical (unpaired) electrons. The number of ether oxygens (including phenoxy) is 1. The topological polar surface area (TPSA) is 80.5 Å². The molecule has 7 nitrogen and oxygen atoms in total. The van der Waals surface area contributed by atoms with Crippen molar-refractivity contribution in [1.82, 2.24) is 20.4 Å². The smallest absolute Gasteiger partial charge is 0.322 e. The molecule has 1 atom stereocenters. The van der Waals surface area contributed by atoms with E-state index in [0.29, 0.717) is 29.0 Å². The Morgan fingerprint density at radius 2 is 1.83 bits per heavy atom. The highest BCUT2D eigenvalue weighted by atomic mass is 35.5. The van der Waals surface area contributed by atoms with Gasteiger partial charge in [0.25, 0.3) is 5.89 Å². The van der Waals surface area contributed by atoms with Gasteiger partial charge in [-0.3, -0.25) is 4.90 Å². The van der Waals surface area contributed by atoms with Crippen LogP contribution in [0.3, 0.4) is 0 Å². The third kappa shape index (κ3) is 4.63. The molecule has 35 heavy (non-hydrogen) atoms. The summed E-state index contributed by atoms with van der Waals surface area (Å²) in [6.45, 7) is 2.27. The van der Waals surface area contributed by atoms with Crippen molar-refractivity contribution in [3.8, 4) is 17.1 Å². The van der Waals surface area contributed by atoms with E-state index in [2.05, 4.69) is 10.5 Å². The summed E-state index contributed by atoms with van der Waals surface area (Å²) in [5.41, 5.74) is 4.11. The molecule has 0 fully saturated rings. The van der Waals surface area contributed by atoms with Crippen LogP contribution in [0.15, 0.2) is 89.1 Å². The number of hydrogen-bond acceptors (Lipinski definition) is 5. The minimum Gasteiger partial charge on any atom is -0.497 e. The number of benzene rings is 3. The first-order valence-corrected chi connectivity index (χ1v) is 11.5. The highest BCUT2D eigenvalue weighted by Crippen LogP contribution is 2.38. The van der Waals surface area contributed by atoms with Crippen LogP contribution in [0.25, 0.3) is 17.0 Å². The molecule has 0 saturated carbocycles. The molecule has 0 bridgehead atoms. The van der Waals surface area contributed by atoms with Crippen LogP contribution in [0.4, 0.5) is 4.79 Å². The van der Waals surface area contributed by atoms with Gasteiger partial charge in [0, 0.05) is 16.3 Å². The molecule has 176 valence electrons. The van der Waals surface area contributed by atoms with Gasteiger partial charge in [-0.1, -0.05) is 71.4 Å². The van der Waals surface area contributed by atoms with Gasteiger partial charge in [0.15, 0.2) is 0 Å². The summed E-state index contributed by atoms with van der Waals surface area (Å²) in [4.78, 5) is 19.6. The molecule has 8 heteroatoms. The summed E-state index contributed by atoms with van der Waals surface area (Å²) in [5, 5.41) is 7.97. The van der Waals surface area contributed by atoms with E-state index in [9.17, 15) is 4.79 Å². The molecular formula is C27H23ClN4O3. The normalized spacial score (nSPS) is 15.8. The van der Waals surface area contributed by atoms with E-state index >= 15 is 0 Å². The highest BCUT2D eigenvalue weighted by molar-refractivity contribution is 6.30. The van der Waals surface area contributed by atoms with Gasteiger partial charge in [0.05, 0.1) is 25.3 Å². The summed E-state index contributed by atoms with van der Waals surface area (Å²) in [6, 6.07) is 24.0. The van der Waals surface area contributed by atoms with Gasteiger partial charge in [0.1, 0.15) is 5.75 Å². The average molecular weight is 487 g/mol. The number of rotatable bonds is 6. The zero-order chi connectivity index (χ0) is 24.4. The lowest BCUT2D eigenvalue weighted by Crippen LogP contribution is -2.45. The third-order valence-electron chi connectivity index (χ3n) is 5.97. The van der Waals surface area contributed by atoms with Crippen LogP contribution >= 0.6 is 11.6 Å².